The van der Waals surface area contributed by atoms with Crippen molar-refractivity contribution in [1.29, 1.82) is 0 Å². The fourth-order valence-electron chi connectivity index (χ4n) is 1.22. The summed E-state index contributed by atoms with van der Waals surface area (Å²) < 4.78 is 4.85. The van der Waals surface area contributed by atoms with E-state index in [4.69, 9.17) is 4.42 Å². The van der Waals surface area contributed by atoms with E-state index in [1.54, 1.807) is 0 Å². The van der Waals surface area contributed by atoms with E-state index < -0.39 is 0 Å². The Labute approximate surface area is 88.7 Å². The van der Waals surface area contributed by atoms with Crippen molar-refractivity contribution in [2.24, 2.45) is 0 Å². The minimum absolute atomic E-state index is 0.163. The maximum Gasteiger partial charge on any atom is 0.255 e. The first kappa shape index (κ1) is 11.5. The van der Waals surface area contributed by atoms with Crippen LogP contribution in [-0.2, 0) is 0 Å². The number of nitrogens with one attached hydrogen (secondary N) is 1. The number of hydrogen-bond acceptors (Lipinski definition) is 3. The zero-order chi connectivity index (χ0) is 11.3. The summed E-state index contributed by atoms with van der Waals surface area (Å²) in [5.41, 5.74) is 0.655. The quantitative estimate of drug-likeness (QED) is 0.596. The molecule has 4 nitrogen and oxygen atoms in total. The second kappa shape index (κ2) is 5.34. The number of furan rings is 1. The fourth-order valence-corrected chi connectivity index (χ4v) is 1.22. The number of carbonyl (C=O) groups is 2. The Hall–Kier alpha value is -1.58. The normalized spacial score (nSPS) is 10.0. The maximum absolute atomic E-state index is 11.6. The molecular formula is C11H15NO3. The van der Waals surface area contributed by atoms with Crippen LogP contribution in [0.15, 0.2) is 16.9 Å². The molecule has 0 aliphatic rings. The number of carbonyl (C=O) groups excluding carboxylic acids is 2. The van der Waals surface area contributed by atoms with Crippen molar-refractivity contribution < 1.29 is 14.0 Å². The van der Waals surface area contributed by atoms with Gasteiger partial charge in [0.1, 0.15) is 12.5 Å². The van der Waals surface area contributed by atoms with Gasteiger partial charge in [-0.2, -0.15) is 0 Å². The Morgan fingerprint density at radius 3 is 2.60 bits per heavy atom. The standard InChI is InChI=1S/C11H15NO3/c1-3-4-5-12-11(14)10-7-15-6-9(10)8(2)13/h6-7H,3-5H2,1-2H3,(H,12,14). The van der Waals surface area contributed by atoms with Gasteiger partial charge in [0.25, 0.3) is 5.91 Å². The number of hydrogen-bond donors (Lipinski definition) is 1. The molecule has 1 N–H and O–H groups in total. The molecule has 82 valence electrons. The molecule has 0 fully saturated rings. The van der Waals surface area contributed by atoms with Crippen LogP contribution in [0.25, 0.3) is 0 Å². The molecule has 4 heteroatoms. The first-order chi connectivity index (χ1) is 7.16. The van der Waals surface area contributed by atoms with E-state index in [0.717, 1.165) is 12.8 Å². The highest BCUT2D eigenvalue weighted by atomic mass is 16.3. The molecule has 0 atom stereocenters. The first-order valence-corrected chi connectivity index (χ1v) is 5.02. The van der Waals surface area contributed by atoms with Crippen molar-refractivity contribution in [2.75, 3.05) is 6.54 Å². The number of unbranched alkanes of at least 4 members (excludes halogenated alkanes) is 1. The molecule has 0 saturated carbocycles. The third-order valence-corrected chi connectivity index (χ3v) is 2.10. The SMILES string of the molecule is CCCCNC(=O)c1cocc1C(C)=O. The van der Waals surface area contributed by atoms with Gasteiger partial charge in [-0.1, -0.05) is 13.3 Å². The molecule has 0 radical (unpaired) electrons. The largest absolute Gasteiger partial charge is 0.471 e. The molecule has 0 unspecified atom stereocenters. The van der Waals surface area contributed by atoms with Gasteiger partial charge in [-0.25, -0.2) is 0 Å². The van der Waals surface area contributed by atoms with Crippen molar-refractivity contribution in [3.05, 3.63) is 23.7 Å². The van der Waals surface area contributed by atoms with Gasteiger partial charge in [-0.05, 0) is 13.3 Å². The van der Waals surface area contributed by atoms with Crippen molar-refractivity contribution in [3.8, 4) is 0 Å². The maximum atomic E-state index is 11.6. The summed E-state index contributed by atoms with van der Waals surface area (Å²) in [4.78, 5) is 22.7. The summed E-state index contributed by atoms with van der Waals surface area (Å²) in [6.45, 7) is 4.08. The van der Waals surface area contributed by atoms with Crippen LogP contribution in [-0.4, -0.2) is 18.2 Å². The highest BCUT2D eigenvalue weighted by Gasteiger charge is 2.16. The van der Waals surface area contributed by atoms with Crippen LogP contribution in [0.5, 0.6) is 0 Å². The summed E-state index contributed by atoms with van der Waals surface area (Å²) >= 11 is 0. The predicted octanol–water partition coefficient (Wildman–Crippen LogP) is 2.01. The third-order valence-electron chi connectivity index (χ3n) is 2.10. The number of amides is 1. The number of rotatable bonds is 5. The Kier molecular flexibility index (Phi) is 4.09. The van der Waals surface area contributed by atoms with E-state index in [1.165, 1.54) is 19.5 Å². The third kappa shape index (κ3) is 2.94. The first-order valence-electron chi connectivity index (χ1n) is 5.02. The minimum Gasteiger partial charge on any atom is -0.471 e. The van der Waals surface area contributed by atoms with Crippen molar-refractivity contribution in [2.45, 2.75) is 26.7 Å². The lowest BCUT2D eigenvalue weighted by Crippen LogP contribution is -2.25. The second-order valence-electron chi connectivity index (χ2n) is 3.36. The van der Waals surface area contributed by atoms with Gasteiger partial charge in [0.2, 0.25) is 0 Å². The topological polar surface area (TPSA) is 59.3 Å². The van der Waals surface area contributed by atoms with E-state index >= 15 is 0 Å². The molecule has 0 spiro atoms. The highest BCUT2D eigenvalue weighted by Crippen LogP contribution is 2.10. The van der Waals surface area contributed by atoms with Gasteiger partial charge in [0.15, 0.2) is 5.78 Å². The molecule has 0 aromatic carbocycles. The van der Waals surface area contributed by atoms with Crippen molar-refractivity contribution in [1.82, 2.24) is 5.32 Å². The molecule has 0 aliphatic heterocycles. The average molecular weight is 209 g/mol. The summed E-state index contributed by atoms with van der Waals surface area (Å²) in [5, 5.41) is 2.73. The molecule has 0 saturated heterocycles. The molecular weight excluding hydrogens is 194 g/mol. The summed E-state index contributed by atoms with van der Waals surface area (Å²) in [7, 11) is 0. The molecule has 1 aromatic rings. The number of Topliss-reactive ketones (excluding diaryl/α,β-unsaturated/α-hetero) is 1. The lowest BCUT2D eigenvalue weighted by atomic mass is 10.1. The molecule has 0 aliphatic carbocycles. The molecule has 1 rings (SSSR count). The highest BCUT2D eigenvalue weighted by molar-refractivity contribution is 6.06. The van der Waals surface area contributed by atoms with Crippen LogP contribution in [0.4, 0.5) is 0 Å². The zero-order valence-corrected chi connectivity index (χ0v) is 9.00. The molecule has 0 bridgehead atoms. The van der Waals surface area contributed by atoms with Gasteiger partial charge in [0, 0.05) is 6.54 Å². The van der Waals surface area contributed by atoms with E-state index in [2.05, 4.69) is 5.32 Å². The van der Waals surface area contributed by atoms with E-state index in [-0.39, 0.29) is 11.7 Å². The lowest BCUT2D eigenvalue weighted by Gasteiger charge is -2.02. The Morgan fingerprint density at radius 2 is 2.00 bits per heavy atom. The Balaban J connectivity index is 2.65. The molecule has 15 heavy (non-hydrogen) atoms. The molecule has 1 aromatic heterocycles. The lowest BCUT2D eigenvalue weighted by molar-refractivity contribution is 0.0939. The van der Waals surface area contributed by atoms with Gasteiger partial charge in [-0.15, -0.1) is 0 Å². The fraction of sp³-hybridized carbons (Fsp3) is 0.455. The summed E-state index contributed by atoms with van der Waals surface area (Å²) in [6, 6.07) is 0. The monoisotopic (exact) mass is 209 g/mol. The van der Waals surface area contributed by atoms with Gasteiger partial charge < -0.3 is 9.73 Å². The Bertz CT molecular complexity index is 354. The smallest absolute Gasteiger partial charge is 0.255 e. The van der Waals surface area contributed by atoms with E-state index in [9.17, 15) is 9.59 Å². The average Bonchev–Trinajstić information content (AvgIpc) is 2.66. The molecule has 1 amide bonds. The Morgan fingerprint density at radius 1 is 1.33 bits per heavy atom. The van der Waals surface area contributed by atoms with Crippen LogP contribution in [0.2, 0.25) is 0 Å². The van der Waals surface area contributed by atoms with Gasteiger partial charge >= 0.3 is 0 Å². The number of ketones is 1. The van der Waals surface area contributed by atoms with Crippen LogP contribution < -0.4 is 5.32 Å². The van der Waals surface area contributed by atoms with Crippen LogP contribution in [0, 0.1) is 0 Å². The van der Waals surface area contributed by atoms with Crippen molar-refractivity contribution >= 4 is 11.7 Å². The van der Waals surface area contributed by atoms with Crippen LogP contribution in [0.3, 0.4) is 0 Å². The van der Waals surface area contributed by atoms with Gasteiger partial charge in [-0.3, -0.25) is 9.59 Å². The van der Waals surface area contributed by atoms with Gasteiger partial charge in [0.05, 0.1) is 11.1 Å². The summed E-state index contributed by atoms with van der Waals surface area (Å²) in [6.07, 6.45) is 4.55. The minimum atomic E-state index is -0.248. The second-order valence-corrected chi connectivity index (χ2v) is 3.36. The zero-order valence-electron chi connectivity index (χ0n) is 9.00. The summed E-state index contributed by atoms with van der Waals surface area (Å²) in [5.74, 6) is -0.410. The van der Waals surface area contributed by atoms with E-state index in [1.807, 2.05) is 6.92 Å². The van der Waals surface area contributed by atoms with Crippen LogP contribution in [0.1, 0.15) is 47.4 Å². The van der Waals surface area contributed by atoms with Crippen LogP contribution >= 0.6 is 0 Å². The van der Waals surface area contributed by atoms with E-state index in [0.29, 0.717) is 17.7 Å². The molecule has 1 heterocycles. The predicted molar refractivity (Wildman–Crippen MR) is 56.0 cm³/mol. The van der Waals surface area contributed by atoms with Crippen molar-refractivity contribution in [3.63, 3.8) is 0 Å².